The molecule has 0 aromatic heterocycles. The number of esters is 2. The van der Waals surface area contributed by atoms with Crippen molar-refractivity contribution >= 4 is 44.8 Å². The molecule has 2 rings (SSSR count). The van der Waals surface area contributed by atoms with Gasteiger partial charge in [-0.1, -0.05) is 32.6 Å². The number of carbonyl (C=O) groups is 4. The molecule has 1 heterocycles. The second-order valence-corrected chi connectivity index (χ2v) is 9.80. The molecule has 0 radical (unpaired) electrons. The molecule has 1 aromatic carbocycles. The molecule has 34 heavy (non-hydrogen) atoms. The van der Waals surface area contributed by atoms with E-state index in [1.807, 2.05) is 12.1 Å². The van der Waals surface area contributed by atoms with Gasteiger partial charge in [-0.05, 0) is 36.1 Å². The van der Waals surface area contributed by atoms with Crippen molar-refractivity contribution in [2.24, 2.45) is 0 Å². The van der Waals surface area contributed by atoms with E-state index in [9.17, 15) is 23.7 Å². The van der Waals surface area contributed by atoms with Gasteiger partial charge in [-0.25, -0.2) is 4.79 Å². The number of ether oxygens (including phenoxy) is 3. The Kier molecular flexibility index (Phi) is 9.77. The first-order chi connectivity index (χ1) is 15.9. The second kappa shape index (κ2) is 12.1. The number of nitrogens with zero attached hydrogens (tertiary/aromatic N) is 1. The number of β-lactam (4-membered cyclic amide) rings is 1. The van der Waals surface area contributed by atoms with E-state index in [0.717, 1.165) is 17.4 Å². The molecule has 0 saturated carbocycles. The van der Waals surface area contributed by atoms with Crippen LogP contribution in [0.15, 0.2) is 36.4 Å². The van der Waals surface area contributed by atoms with E-state index in [2.05, 4.69) is 30.5 Å². The van der Waals surface area contributed by atoms with E-state index in [4.69, 9.17) is 20.2 Å². The minimum absolute atomic E-state index is 0.200. The molecule has 12 heteroatoms. The third kappa shape index (κ3) is 6.87. The van der Waals surface area contributed by atoms with Crippen molar-refractivity contribution in [3.63, 3.8) is 0 Å². The number of amides is 2. The Morgan fingerprint density at radius 2 is 1.82 bits per heavy atom. The van der Waals surface area contributed by atoms with Crippen LogP contribution >= 0.6 is 10.7 Å². The fraction of sp³-hybridized carbons (Fsp3) is 0.455. The van der Waals surface area contributed by atoms with Crippen molar-refractivity contribution in [3.8, 4) is 5.75 Å². The number of rotatable bonds is 11. The average molecular weight is 515 g/mol. The largest absolute Gasteiger partial charge is 0.597 e. The molecular weight excluding hydrogens is 488 g/mol. The van der Waals surface area contributed by atoms with Crippen LogP contribution in [-0.4, -0.2) is 64.1 Å². The summed E-state index contributed by atoms with van der Waals surface area (Å²) in [7, 11) is 3.63. The topological polar surface area (TPSA) is 134 Å². The van der Waals surface area contributed by atoms with Crippen LogP contribution < -0.4 is 10.1 Å². The van der Waals surface area contributed by atoms with Crippen LogP contribution in [0.5, 0.6) is 5.75 Å². The van der Waals surface area contributed by atoms with Gasteiger partial charge >= 0.3 is 11.9 Å². The standard InChI is InChI=1S/C22H27ClN2O8S/c1-12(2)15-6-8-16(9-7-15)31-10-17(27)24-18-20(28)25(21(18)34(23)30)19(13(3)4)22(29)33-11-32-14(5)26/h6-9,12,18-19,21H,3,10-11H2,1-2,4-5H3,(H,24,27). The van der Waals surface area contributed by atoms with Gasteiger partial charge < -0.3 is 24.1 Å². The van der Waals surface area contributed by atoms with Crippen molar-refractivity contribution in [1.82, 2.24) is 10.2 Å². The average Bonchev–Trinajstić information content (AvgIpc) is 2.75. The second-order valence-electron chi connectivity index (χ2n) is 7.91. The van der Waals surface area contributed by atoms with Gasteiger partial charge in [-0.3, -0.25) is 19.3 Å². The molecule has 1 aliphatic rings. The predicted molar refractivity (Wildman–Crippen MR) is 124 cm³/mol. The Bertz CT molecular complexity index is 937. The maximum absolute atomic E-state index is 12.8. The molecule has 0 spiro atoms. The highest BCUT2D eigenvalue weighted by Gasteiger charge is 2.60. The number of hydrogen-bond acceptors (Lipinski definition) is 8. The van der Waals surface area contributed by atoms with Gasteiger partial charge in [0.1, 0.15) is 5.75 Å². The molecular formula is C22H27ClN2O8S. The molecule has 1 saturated heterocycles. The lowest BCUT2D eigenvalue weighted by Gasteiger charge is -2.46. The zero-order chi connectivity index (χ0) is 25.6. The Hall–Kier alpha value is -2.76. The number of hydrogen-bond donors (Lipinski definition) is 1. The molecule has 4 unspecified atom stereocenters. The minimum Gasteiger partial charge on any atom is -0.597 e. The van der Waals surface area contributed by atoms with Gasteiger partial charge in [0.05, 0.1) is 10.4 Å². The summed E-state index contributed by atoms with van der Waals surface area (Å²) in [5.41, 5.74) is 1.31. The van der Waals surface area contributed by atoms with Crippen LogP contribution in [0.4, 0.5) is 0 Å². The van der Waals surface area contributed by atoms with E-state index in [1.165, 1.54) is 6.92 Å². The fourth-order valence-electron chi connectivity index (χ4n) is 3.20. The van der Waals surface area contributed by atoms with E-state index in [0.29, 0.717) is 11.7 Å². The molecule has 1 aromatic rings. The molecule has 1 fully saturated rings. The van der Waals surface area contributed by atoms with Crippen molar-refractivity contribution in [3.05, 3.63) is 42.0 Å². The first kappa shape index (κ1) is 27.5. The van der Waals surface area contributed by atoms with Crippen molar-refractivity contribution in [1.29, 1.82) is 0 Å². The Morgan fingerprint density at radius 3 is 2.32 bits per heavy atom. The highest BCUT2D eigenvalue weighted by Crippen LogP contribution is 2.32. The lowest BCUT2D eigenvalue weighted by Crippen LogP contribution is -2.76. The summed E-state index contributed by atoms with van der Waals surface area (Å²) in [4.78, 5) is 49.3. The van der Waals surface area contributed by atoms with Crippen LogP contribution in [0.25, 0.3) is 0 Å². The summed E-state index contributed by atoms with van der Waals surface area (Å²) in [6, 6.07) is 4.66. The zero-order valence-corrected chi connectivity index (χ0v) is 20.8. The van der Waals surface area contributed by atoms with E-state index in [-0.39, 0.29) is 12.2 Å². The van der Waals surface area contributed by atoms with Gasteiger partial charge in [0.15, 0.2) is 29.4 Å². The summed E-state index contributed by atoms with van der Waals surface area (Å²) in [6.45, 7) is 9.31. The quantitative estimate of drug-likeness (QED) is 0.155. The maximum atomic E-state index is 12.8. The molecule has 10 nitrogen and oxygen atoms in total. The zero-order valence-electron chi connectivity index (χ0n) is 19.2. The van der Waals surface area contributed by atoms with Crippen LogP contribution in [0.1, 0.15) is 39.2 Å². The van der Waals surface area contributed by atoms with Crippen molar-refractivity contribution < 1.29 is 37.9 Å². The highest BCUT2D eigenvalue weighted by atomic mass is 35.7. The van der Waals surface area contributed by atoms with Crippen molar-refractivity contribution in [2.75, 3.05) is 13.4 Å². The number of likely N-dealkylation sites (tertiary alicyclic amines) is 1. The first-order valence-corrected chi connectivity index (χ1v) is 12.3. The van der Waals surface area contributed by atoms with Gasteiger partial charge in [0.25, 0.3) is 11.8 Å². The lowest BCUT2D eigenvalue weighted by atomic mass is 9.99. The van der Waals surface area contributed by atoms with Crippen LogP contribution in [0, 0.1) is 0 Å². The van der Waals surface area contributed by atoms with E-state index in [1.54, 1.807) is 12.1 Å². The van der Waals surface area contributed by atoms with Crippen LogP contribution in [0.3, 0.4) is 0 Å². The predicted octanol–water partition coefficient (Wildman–Crippen LogP) is 1.75. The summed E-state index contributed by atoms with van der Waals surface area (Å²) in [5.74, 6) is -2.14. The SMILES string of the molecule is C=C(C)C(C(=O)OCOC(C)=O)N1C(=O)C(NC(=O)COc2ccc(C(C)C)cc2)C1[S+]([O-])Cl. The monoisotopic (exact) mass is 514 g/mol. The number of nitrogens with one attached hydrogen (secondary N) is 1. The number of carbonyl (C=O) groups excluding carboxylic acids is 4. The number of benzene rings is 1. The fourth-order valence-corrected chi connectivity index (χ4v) is 4.57. The van der Waals surface area contributed by atoms with Crippen LogP contribution in [-0.2, 0) is 39.0 Å². The normalized spacial score (nSPS) is 19.0. The third-order valence-corrected chi connectivity index (χ3v) is 6.36. The first-order valence-electron chi connectivity index (χ1n) is 10.3. The van der Waals surface area contributed by atoms with E-state index >= 15 is 0 Å². The molecule has 0 aliphatic carbocycles. The maximum Gasteiger partial charge on any atom is 0.336 e. The molecule has 186 valence electrons. The van der Waals surface area contributed by atoms with Gasteiger partial charge in [0, 0.05) is 6.92 Å². The Morgan fingerprint density at radius 1 is 1.21 bits per heavy atom. The smallest absolute Gasteiger partial charge is 0.336 e. The summed E-state index contributed by atoms with van der Waals surface area (Å²) in [6.07, 6.45) is 0. The number of halogens is 1. The van der Waals surface area contributed by atoms with Crippen LogP contribution in [0.2, 0.25) is 0 Å². The highest BCUT2D eigenvalue weighted by molar-refractivity contribution is 8.14. The molecule has 1 N–H and O–H groups in total. The van der Waals surface area contributed by atoms with E-state index < -0.39 is 58.4 Å². The summed E-state index contributed by atoms with van der Waals surface area (Å²) < 4.78 is 27.0. The minimum atomic E-state index is -2.15. The molecule has 4 atom stereocenters. The van der Waals surface area contributed by atoms with Gasteiger partial charge in [-0.2, -0.15) is 0 Å². The summed E-state index contributed by atoms with van der Waals surface area (Å²) >= 11 is 0. The third-order valence-electron chi connectivity index (χ3n) is 4.93. The van der Waals surface area contributed by atoms with Gasteiger partial charge in [0.2, 0.25) is 12.2 Å². The summed E-state index contributed by atoms with van der Waals surface area (Å²) in [5, 5.41) is 1.22. The van der Waals surface area contributed by atoms with Gasteiger partial charge in [-0.15, -0.1) is 0 Å². The molecule has 0 bridgehead atoms. The Balaban J connectivity index is 2.01. The molecule has 1 aliphatic heterocycles. The van der Waals surface area contributed by atoms with Crippen molar-refractivity contribution in [2.45, 2.75) is 51.1 Å². The lowest BCUT2D eigenvalue weighted by molar-refractivity contribution is -0.174. The Labute approximate surface area is 205 Å². The molecule has 2 amide bonds.